The van der Waals surface area contributed by atoms with Crippen LogP contribution in [-0.2, 0) is 19.2 Å². The van der Waals surface area contributed by atoms with Gasteiger partial charge in [-0.25, -0.2) is 0 Å². The summed E-state index contributed by atoms with van der Waals surface area (Å²) in [5, 5.41) is 13.7. The van der Waals surface area contributed by atoms with Crippen molar-refractivity contribution in [1.82, 2.24) is 0 Å². The molecule has 0 radical (unpaired) electrons. The molecule has 1 atom stereocenters. The summed E-state index contributed by atoms with van der Waals surface area (Å²) >= 11 is 0. The summed E-state index contributed by atoms with van der Waals surface area (Å²) in [7, 11) is 1.26. The van der Waals surface area contributed by atoms with Gasteiger partial charge in [0.25, 0.3) is 0 Å². The summed E-state index contributed by atoms with van der Waals surface area (Å²) in [5.41, 5.74) is -1.45. The van der Waals surface area contributed by atoms with Crippen LogP contribution in [-0.4, -0.2) is 36.3 Å². The third-order valence-corrected chi connectivity index (χ3v) is 4.31. The number of esters is 1. The molecule has 1 aliphatic carbocycles. The largest absolute Gasteiger partial charge is 0.512 e. The van der Waals surface area contributed by atoms with Crippen molar-refractivity contribution in [3.63, 3.8) is 0 Å². The zero-order valence-electron chi connectivity index (χ0n) is 14.2. The number of nitrogens with zero attached hydrogens (tertiary/aromatic N) is 1. The molecule has 1 unspecified atom stereocenters. The summed E-state index contributed by atoms with van der Waals surface area (Å²) in [6, 6.07) is 0. The summed E-state index contributed by atoms with van der Waals surface area (Å²) in [6.07, 6.45) is 3.58. The summed E-state index contributed by atoms with van der Waals surface area (Å²) in [6.45, 7) is 9.15. The molecular weight excluding hydrogens is 298 g/mol. The van der Waals surface area contributed by atoms with Crippen molar-refractivity contribution in [2.45, 2.75) is 40.0 Å². The van der Waals surface area contributed by atoms with Gasteiger partial charge in [-0.2, -0.15) is 0 Å². The first-order chi connectivity index (χ1) is 10.7. The summed E-state index contributed by atoms with van der Waals surface area (Å²) < 4.78 is 4.91. The second kappa shape index (κ2) is 7.44. The molecule has 0 aromatic carbocycles. The average molecular weight is 323 g/mol. The van der Waals surface area contributed by atoms with Gasteiger partial charge in [0, 0.05) is 12.5 Å². The zero-order chi connectivity index (χ0) is 17.7. The maximum atomic E-state index is 12.6. The van der Waals surface area contributed by atoms with E-state index in [-0.39, 0.29) is 18.6 Å². The van der Waals surface area contributed by atoms with Crippen molar-refractivity contribution in [2.24, 2.45) is 16.0 Å². The molecule has 1 rings (SSSR count). The number of aliphatic hydroxyl groups excluding tert-OH is 1. The molecule has 0 amide bonds. The SMILES string of the molecule is C=CCON=C(C)CCC1(C(=O)OC)C(=O)C=C(O)CC1(C)C. The zero-order valence-corrected chi connectivity index (χ0v) is 14.2. The molecule has 6 nitrogen and oxygen atoms in total. The fourth-order valence-electron chi connectivity index (χ4n) is 2.99. The predicted molar refractivity (Wildman–Crippen MR) is 87.1 cm³/mol. The van der Waals surface area contributed by atoms with Gasteiger partial charge in [-0.15, -0.1) is 0 Å². The Bertz CT molecular complexity index is 547. The lowest BCUT2D eigenvalue weighted by atomic mass is 9.56. The highest BCUT2D eigenvalue weighted by Gasteiger charge is 2.58. The van der Waals surface area contributed by atoms with Crippen molar-refractivity contribution in [3.05, 3.63) is 24.5 Å². The van der Waals surface area contributed by atoms with E-state index < -0.39 is 22.6 Å². The molecule has 0 aliphatic heterocycles. The number of allylic oxidation sites excluding steroid dienone is 2. The number of ether oxygens (including phenoxy) is 1. The second-order valence-electron chi connectivity index (χ2n) is 6.37. The molecule has 0 spiro atoms. The molecule has 0 aromatic rings. The minimum atomic E-state index is -1.34. The average Bonchev–Trinajstić information content (AvgIpc) is 2.45. The predicted octanol–water partition coefficient (Wildman–Crippen LogP) is 2.95. The van der Waals surface area contributed by atoms with E-state index in [0.29, 0.717) is 18.7 Å². The molecule has 0 aromatic heterocycles. The van der Waals surface area contributed by atoms with Gasteiger partial charge in [0.1, 0.15) is 12.0 Å². The maximum Gasteiger partial charge on any atom is 0.320 e. The Labute approximate surface area is 136 Å². The number of rotatable bonds is 7. The minimum absolute atomic E-state index is 0.0146. The first-order valence-corrected chi connectivity index (χ1v) is 7.50. The fraction of sp³-hybridized carbons (Fsp3) is 0.588. The molecule has 0 saturated heterocycles. The van der Waals surface area contributed by atoms with Crippen LogP contribution in [0.4, 0.5) is 0 Å². The van der Waals surface area contributed by atoms with Crippen LogP contribution >= 0.6 is 0 Å². The molecule has 0 heterocycles. The van der Waals surface area contributed by atoms with Crippen molar-refractivity contribution >= 4 is 17.5 Å². The number of carbonyl (C=O) groups excluding carboxylic acids is 2. The lowest BCUT2D eigenvalue weighted by Gasteiger charge is -2.44. The Hall–Kier alpha value is -2.11. The van der Waals surface area contributed by atoms with Gasteiger partial charge in [-0.3, -0.25) is 9.59 Å². The van der Waals surface area contributed by atoms with E-state index >= 15 is 0 Å². The standard InChI is InChI=1S/C17H25NO5/c1-6-9-23-18-12(2)7-8-17(15(21)22-5)14(20)10-13(19)11-16(17,3)4/h6,10,19H,1,7-9,11H2,2-5H3. The van der Waals surface area contributed by atoms with Crippen LogP contribution in [0.15, 0.2) is 29.6 Å². The van der Waals surface area contributed by atoms with E-state index in [2.05, 4.69) is 11.7 Å². The van der Waals surface area contributed by atoms with Crippen LogP contribution in [0.25, 0.3) is 0 Å². The fourth-order valence-corrected chi connectivity index (χ4v) is 2.99. The molecule has 23 heavy (non-hydrogen) atoms. The van der Waals surface area contributed by atoms with Crippen LogP contribution in [0.3, 0.4) is 0 Å². The second-order valence-corrected chi connectivity index (χ2v) is 6.37. The van der Waals surface area contributed by atoms with Gasteiger partial charge in [0.2, 0.25) is 0 Å². The Balaban J connectivity index is 3.09. The van der Waals surface area contributed by atoms with Crippen molar-refractivity contribution < 1.29 is 24.3 Å². The Morgan fingerprint density at radius 2 is 2.17 bits per heavy atom. The third-order valence-electron chi connectivity index (χ3n) is 4.31. The van der Waals surface area contributed by atoms with Crippen LogP contribution in [0.1, 0.15) is 40.0 Å². The lowest BCUT2D eigenvalue weighted by Crippen LogP contribution is -2.53. The van der Waals surface area contributed by atoms with E-state index in [1.165, 1.54) is 7.11 Å². The highest BCUT2D eigenvalue weighted by molar-refractivity contribution is 6.11. The van der Waals surface area contributed by atoms with E-state index in [0.717, 1.165) is 6.08 Å². The number of carbonyl (C=O) groups is 2. The van der Waals surface area contributed by atoms with Crippen LogP contribution in [0.2, 0.25) is 0 Å². The number of hydrogen-bond acceptors (Lipinski definition) is 6. The monoisotopic (exact) mass is 323 g/mol. The van der Waals surface area contributed by atoms with E-state index in [1.807, 2.05) is 0 Å². The number of hydrogen-bond donors (Lipinski definition) is 1. The first-order valence-electron chi connectivity index (χ1n) is 7.50. The number of oxime groups is 1. The molecule has 0 fully saturated rings. The van der Waals surface area contributed by atoms with Gasteiger partial charge < -0.3 is 14.7 Å². The molecule has 128 valence electrons. The smallest absolute Gasteiger partial charge is 0.320 e. The minimum Gasteiger partial charge on any atom is -0.512 e. The topological polar surface area (TPSA) is 85.2 Å². The van der Waals surface area contributed by atoms with E-state index in [9.17, 15) is 14.7 Å². The highest BCUT2D eigenvalue weighted by atomic mass is 16.6. The lowest BCUT2D eigenvalue weighted by molar-refractivity contribution is -0.167. The van der Waals surface area contributed by atoms with Gasteiger partial charge >= 0.3 is 5.97 Å². The van der Waals surface area contributed by atoms with E-state index in [1.54, 1.807) is 26.8 Å². The first kappa shape index (κ1) is 18.9. The van der Waals surface area contributed by atoms with Crippen molar-refractivity contribution in [2.75, 3.05) is 13.7 Å². The van der Waals surface area contributed by atoms with Gasteiger partial charge in [-0.1, -0.05) is 31.7 Å². The van der Waals surface area contributed by atoms with Gasteiger partial charge in [0.05, 0.1) is 18.6 Å². The van der Waals surface area contributed by atoms with Crippen LogP contribution < -0.4 is 0 Å². The third kappa shape index (κ3) is 3.81. The van der Waals surface area contributed by atoms with Gasteiger partial charge in [0.15, 0.2) is 5.78 Å². The van der Waals surface area contributed by atoms with Crippen LogP contribution in [0, 0.1) is 10.8 Å². The molecule has 0 saturated carbocycles. The van der Waals surface area contributed by atoms with Crippen molar-refractivity contribution in [3.8, 4) is 0 Å². The summed E-state index contributed by atoms with van der Waals surface area (Å²) in [4.78, 5) is 30.1. The van der Waals surface area contributed by atoms with E-state index in [4.69, 9.17) is 9.57 Å². The quantitative estimate of drug-likeness (QED) is 0.194. The number of aliphatic hydroxyl groups is 1. The Morgan fingerprint density at radius 3 is 2.70 bits per heavy atom. The molecule has 0 bridgehead atoms. The van der Waals surface area contributed by atoms with Crippen LogP contribution in [0.5, 0.6) is 0 Å². The summed E-state index contributed by atoms with van der Waals surface area (Å²) in [5.74, 6) is -1.03. The van der Waals surface area contributed by atoms with Gasteiger partial charge in [-0.05, 0) is 25.2 Å². The van der Waals surface area contributed by atoms with Crippen molar-refractivity contribution in [1.29, 1.82) is 0 Å². The Kier molecular flexibility index (Phi) is 6.12. The number of methoxy groups -OCH3 is 1. The molecular formula is C17H25NO5. The molecule has 6 heteroatoms. The number of ketones is 1. The maximum absolute atomic E-state index is 12.6. The molecule has 1 aliphatic rings. The molecule has 1 N–H and O–H groups in total. The highest BCUT2D eigenvalue weighted by Crippen LogP contribution is 2.51. The Morgan fingerprint density at radius 1 is 1.52 bits per heavy atom. The normalized spacial score (nSPS) is 23.9.